The van der Waals surface area contributed by atoms with Crippen LogP contribution in [-0.2, 0) is 6.54 Å². The molecule has 162 valence electrons. The van der Waals surface area contributed by atoms with Crippen LogP contribution >= 0.6 is 0 Å². The van der Waals surface area contributed by atoms with Gasteiger partial charge in [-0.2, -0.15) is 5.10 Å². The zero-order valence-electron chi connectivity index (χ0n) is 17.9. The number of carbonyl (C=O) groups excluding carboxylic acids is 2. The SMILES string of the molecule is Cc1cccc(Cn2nc(C)c(NC(=O)c3cc(C(N)=O)c4c(F)cccc4n3)c2C)c1. The normalized spacial score (nSPS) is 11.0. The largest absolute Gasteiger partial charge is 0.366 e. The molecule has 2 amide bonds. The average molecular weight is 431 g/mol. The minimum Gasteiger partial charge on any atom is -0.366 e. The van der Waals surface area contributed by atoms with Crippen molar-refractivity contribution in [1.29, 1.82) is 0 Å². The van der Waals surface area contributed by atoms with Crippen molar-refractivity contribution in [2.45, 2.75) is 27.3 Å². The minimum absolute atomic E-state index is 0.00474. The molecule has 32 heavy (non-hydrogen) atoms. The molecular weight excluding hydrogens is 409 g/mol. The molecule has 0 radical (unpaired) electrons. The molecule has 4 aromatic rings. The fraction of sp³-hybridized carbons (Fsp3) is 0.167. The van der Waals surface area contributed by atoms with Crippen molar-refractivity contribution < 1.29 is 14.0 Å². The number of hydrogen-bond acceptors (Lipinski definition) is 4. The number of benzene rings is 2. The number of nitrogens with one attached hydrogen (secondary N) is 1. The van der Waals surface area contributed by atoms with Crippen LogP contribution in [0.3, 0.4) is 0 Å². The lowest BCUT2D eigenvalue weighted by atomic mass is 10.1. The molecule has 0 fully saturated rings. The first kappa shape index (κ1) is 21.2. The number of pyridine rings is 1. The van der Waals surface area contributed by atoms with Gasteiger partial charge in [0.05, 0.1) is 34.7 Å². The molecule has 2 aromatic carbocycles. The van der Waals surface area contributed by atoms with Gasteiger partial charge in [-0.25, -0.2) is 9.37 Å². The molecule has 7 nitrogen and oxygen atoms in total. The van der Waals surface area contributed by atoms with E-state index in [4.69, 9.17) is 5.73 Å². The summed E-state index contributed by atoms with van der Waals surface area (Å²) in [6.45, 7) is 6.25. The van der Waals surface area contributed by atoms with Crippen LogP contribution in [0.25, 0.3) is 10.9 Å². The highest BCUT2D eigenvalue weighted by Crippen LogP contribution is 2.24. The van der Waals surface area contributed by atoms with E-state index in [1.807, 2.05) is 36.7 Å². The number of nitrogens with two attached hydrogens (primary N) is 1. The molecule has 0 unspecified atom stereocenters. The van der Waals surface area contributed by atoms with Crippen molar-refractivity contribution in [3.05, 3.63) is 88.1 Å². The monoisotopic (exact) mass is 431 g/mol. The molecule has 0 atom stereocenters. The summed E-state index contributed by atoms with van der Waals surface area (Å²) in [7, 11) is 0. The van der Waals surface area contributed by atoms with Gasteiger partial charge in [-0.3, -0.25) is 14.3 Å². The maximum atomic E-state index is 14.2. The maximum Gasteiger partial charge on any atom is 0.274 e. The van der Waals surface area contributed by atoms with Gasteiger partial charge in [0, 0.05) is 5.39 Å². The Kier molecular flexibility index (Phi) is 5.44. The first-order chi connectivity index (χ1) is 15.2. The van der Waals surface area contributed by atoms with Crippen molar-refractivity contribution in [2.75, 3.05) is 5.32 Å². The topological polar surface area (TPSA) is 103 Å². The van der Waals surface area contributed by atoms with Crippen molar-refractivity contribution in [3.63, 3.8) is 0 Å². The van der Waals surface area contributed by atoms with Crippen LogP contribution in [0.4, 0.5) is 10.1 Å². The van der Waals surface area contributed by atoms with Crippen LogP contribution in [0.5, 0.6) is 0 Å². The molecule has 0 saturated carbocycles. The third-order valence-corrected chi connectivity index (χ3v) is 5.32. The molecule has 4 rings (SSSR count). The molecule has 0 bridgehead atoms. The molecular formula is C24H22FN5O2. The Hall–Kier alpha value is -4.07. The lowest BCUT2D eigenvalue weighted by Crippen LogP contribution is -2.18. The number of aryl methyl sites for hydroxylation is 2. The molecule has 0 saturated heterocycles. The van der Waals surface area contributed by atoms with Gasteiger partial charge < -0.3 is 11.1 Å². The molecule has 3 N–H and O–H groups in total. The number of primary amides is 1. The van der Waals surface area contributed by atoms with Gasteiger partial charge >= 0.3 is 0 Å². The van der Waals surface area contributed by atoms with E-state index < -0.39 is 17.6 Å². The first-order valence-corrected chi connectivity index (χ1v) is 10.0. The van der Waals surface area contributed by atoms with E-state index in [1.54, 1.807) is 6.92 Å². The van der Waals surface area contributed by atoms with Gasteiger partial charge in [0.2, 0.25) is 5.91 Å². The van der Waals surface area contributed by atoms with Gasteiger partial charge in [-0.1, -0.05) is 35.9 Å². The van der Waals surface area contributed by atoms with E-state index in [2.05, 4.69) is 21.5 Å². The summed E-state index contributed by atoms with van der Waals surface area (Å²) in [5.41, 5.74) is 9.70. The molecule has 0 aliphatic heterocycles. The van der Waals surface area contributed by atoms with Crippen LogP contribution in [-0.4, -0.2) is 26.6 Å². The van der Waals surface area contributed by atoms with Gasteiger partial charge in [0.25, 0.3) is 5.91 Å². The summed E-state index contributed by atoms with van der Waals surface area (Å²) < 4.78 is 16.1. The van der Waals surface area contributed by atoms with Gasteiger partial charge in [-0.05, 0) is 44.5 Å². The minimum atomic E-state index is -0.838. The first-order valence-electron chi connectivity index (χ1n) is 10.0. The quantitative estimate of drug-likeness (QED) is 0.500. The highest BCUT2D eigenvalue weighted by Gasteiger charge is 2.20. The molecule has 8 heteroatoms. The van der Waals surface area contributed by atoms with Gasteiger partial charge in [0.15, 0.2) is 0 Å². The van der Waals surface area contributed by atoms with E-state index >= 15 is 0 Å². The summed E-state index contributed by atoms with van der Waals surface area (Å²) >= 11 is 0. The smallest absolute Gasteiger partial charge is 0.274 e. The zero-order chi connectivity index (χ0) is 23.0. The van der Waals surface area contributed by atoms with Crippen molar-refractivity contribution >= 4 is 28.4 Å². The standard InChI is InChI=1S/C24H22FN5O2/c1-13-6-4-7-16(10-13)12-30-15(3)22(14(2)29-30)28-24(32)20-11-17(23(26)31)21-18(25)8-5-9-19(21)27-20/h4-11H,12H2,1-3H3,(H2,26,31)(H,28,32). The number of fused-ring (bicyclic) bond motifs is 1. The Morgan fingerprint density at radius 1 is 1.09 bits per heavy atom. The van der Waals surface area contributed by atoms with Gasteiger partial charge in [0.1, 0.15) is 11.5 Å². The van der Waals surface area contributed by atoms with Crippen LogP contribution in [0.1, 0.15) is 43.4 Å². The maximum absolute atomic E-state index is 14.2. The number of rotatable bonds is 5. The average Bonchev–Trinajstić information content (AvgIpc) is 3.00. The van der Waals surface area contributed by atoms with Crippen molar-refractivity contribution in [1.82, 2.24) is 14.8 Å². The van der Waals surface area contributed by atoms with E-state index in [0.29, 0.717) is 17.9 Å². The van der Waals surface area contributed by atoms with Crippen molar-refractivity contribution in [3.8, 4) is 0 Å². The second-order valence-corrected chi connectivity index (χ2v) is 7.70. The zero-order valence-corrected chi connectivity index (χ0v) is 17.9. The predicted octanol–water partition coefficient (Wildman–Crippen LogP) is 3.90. The Bertz CT molecular complexity index is 1380. The summed E-state index contributed by atoms with van der Waals surface area (Å²) in [5, 5.41) is 7.37. The summed E-state index contributed by atoms with van der Waals surface area (Å²) in [5.74, 6) is -2.00. The predicted molar refractivity (Wildman–Crippen MR) is 120 cm³/mol. The number of amides is 2. The fourth-order valence-corrected chi connectivity index (χ4v) is 3.75. The van der Waals surface area contributed by atoms with Crippen molar-refractivity contribution in [2.24, 2.45) is 5.73 Å². The molecule has 2 aromatic heterocycles. The van der Waals surface area contributed by atoms with E-state index in [-0.39, 0.29) is 22.2 Å². The van der Waals surface area contributed by atoms with E-state index in [0.717, 1.165) is 16.8 Å². The summed E-state index contributed by atoms with van der Waals surface area (Å²) in [6.07, 6.45) is 0. The highest BCUT2D eigenvalue weighted by atomic mass is 19.1. The Balaban J connectivity index is 1.67. The van der Waals surface area contributed by atoms with Crippen LogP contribution in [0.15, 0.2) is 48.5 Å². The fourth-order valence-electron chi connectivity index (χ4n) is 3.75. The number of carbonyl (C=O) groups is 2. The second kappa shape index (κ2) is 8.22. The highest BCUT2D eigenvalue weighted by molar-refractivity contribution is 6.10. The lowest BCUT2D eigenvalue weighted by Gasteiger charge is -2.10. The lowest BCUT2D eigenvalue weighted by molar-refractivity contribution is 0.100. The van der Waals surface area contributed by atoms with E-state index in [9.17, 15) is 14.0 Å². The van der Waals surface area contributed by atoms with E-state index in [1.165, 1.54) is 24.3 Å². The second-order valence-electron chi connectivity index (χ2n) is 7.70. The van der Waals surface area contributed by atoms with Crippen LogP contribution in [0.2, 0.25) is 0 Å². The Morgan fingerprint density at radius 3 is 2.56 bits per heavy atom. The summed E-state index contributed by atoms with van der Waals surface area (Å²) in [6, 6.07) is 13.5. The summed E-state index contributed by atoms with van der Waals surface area (Å²) in [4.78, 5) is 29.1. The number of hydrogen-bond donors (Lipinski definition) is 2. The third kappa shape index (κ3) is 3.94. The molecule has 2 heterocycles. The number of anilines is 1. The van der Waals surface area contributed by atoms with Gasteiger partial charge in [-0.15, -0.1) is 0 Å². The number of nitrogens with zero attached hydrogens (tertiary/aromatic N) is 3. The van der Waals surface area contributed by atoms with Crippen LogP contribution in [0, 0.1) is 26.6 Å². The third-order valence-electron chi connectivity index (χ3n) is 5.32. The number of halogens is 1. The molecule has 0 spiro atoms. The Morgan fingerprint density at radius 2 is 1.84 bits per heavy atom. The Labute approximate surface area is 184 Å². The molecule has 0 aliphatic rings. The molecule has 0 aliphatic carbocycles. The number of aromatic nitrogens is 3. The van der Waals surface area contributed by atoms with Crippen LogP contribution < -0.4 is 11.1 Å².